The van der Waals surface area contributed by atoms with Crippen molar-refractivity contribution in [3.63, 3.8) is 0 Å². The fraction of sp³-hybridized carbons (Fsp3) is 0.231. The number of hydrogen-bond acceptors (Lipinski definition) is 3. The second-order valence-corrected chi connectivity index (χ2v) is 4.63. The third-order valence-electron chi connectivity index (χ3n) is 2.65. The van der Waals surface area contributed by atoms with Gasteiger partial charge >= 0.3 is 0 Å². The highest BCUT2D eigenvalue weighted by Crippen LogP contribution is 2.40. The molecule has 0 aromatic heterocycles. The van der Waals surface area contributed by atoms with E-state index in [1.807, 2.05) is 18.2 Å². The van der Waals surface area contributed by atoms with Gasteiger partial charge in [-0.3, -0.25) is 0 Å². The highest BCUT2D eigenvalue weighted by Gasteiger charge is 2.20. The Morgan fingerprint density at radius 3 is 2.88 bits per heavy atom. The Bertz CT molecular complexity index is 428. The van der Waals surface area contributed by atoms with E-state index in [4.69, 9.17) is 4.74 Å². The summed E-state index contributed by atoms with van der Waals surface area (Å²) in [7, 11) is 3.76. The Labute approximate surface area is 101 Å². The maximum atomic E-state index is 5.22. The molecular formula is C13H15NOS. The van der Waals surface area contributed by atoms with Crippen molar-refractivity contribution < 1.29 is 4.74 Å². The maximum absolute atomic E-state index is 5.22. The third-order valence-corrected chi connectivity index (χ3v) is 3.78. The summed E-state index contributed by atoms with van der Waals surface area (Å²) in [5, 5.41) is 2.46. The largest absolute Gasteiger partial charge is 0.497 e. The number of methoxy groups -OCH3 is 1. The summed E-state index contributed by atoms with van der Waals surface area (Å²) in [6, 6.07) is 6.13. The summed E-state index contributed by atoms with van der Waals surface area (Å²) in [5.41, 5.74) is 2.40. The molecular weight excluding hydrogens is 218 g/mol. The Morgan fingerprint density at radius 2 is 2.31 bits per heavy atom. The van der Waals surface area contributed by atoms with Crippen molar-refractivity contribution in [1.29, 1.82) is 0 Å². The zero-order valence-corrected chi connectivity index (χ0v) is 10.3. The van der Waals surface area contributed by atoms with Gasteiger partial charge < -0.3 is 9.64 Å². The van der Waals surface area contributed by atoms with Crippen LogP contribution in [0.15, 0.2) is 36.4 Å². The summed E-state index contributed by atoms with van der Waals surface area (Å²) in [6.07, 6.45) is 3.97. The molecule has 1 atom stereocenters. The SMILES string of the molecule is C=Cc1cc(OC)ccc1C1SC=CN1C. The molecule has 0 saturated heterocycles. The molecule has 0 spiro atoms. The first-order valence-corrected chi connectivity index (χ1v) is 6.05. The molecule has 1 aliphatic heterocycles. The minimum atomic E-state index is 0.346. The Hall–Kier alpha value is -1.35. The van der Waals surface area contributed by atoms with E-state index in [9.17, 15) is 0 Å². The highest BCUT2D eigenvalue weighted by molar-refractivity contribution is 8.02. The van der Waals surface area contributed by atoms with Crippen molar-refractivity contribution >= 4 is 17.8 Å². The predicted molar refractivity (Wildman–Crippen MR) is 70.3 cm³/mol. The minimum absolute atomic E-state index is 0.346. The van der Waals surface area contributed by atoms with Crippen LogP contribution in [0, 0.1) is 0 Å². The number of ether oxygens (including phenoxy) is 1. The fourth-order valence-corrected chi connectivity index (χ4v) is 2.79. The van der Waals surface area contributed by atoms with Gasteiger partial charge in [-0.1, -0.05) is 18.7 Å². The monoisotopic (exact) mass is 233 g/mol. The number of thioether (sulfide) groups is 1. The molecule has 16 heavy (non-hydrogen) atoms. The molecule has 0 N–H and O–H groups in total. The first kappa shape index (κ1) is 11.1. The fourth-order valence-electron chi connectivity index (χ4n) is 1.75. The van der Waals surface area contributed by atoms with E-state index in [-0.39, 0.29) is 0 Å². The maximum Gasteiger partial charge on any atom is 0.119 e. The lowest BCUT2D eigenvalue weighted by molar-refractivity contribution is 0.413. The molecule has 1 aromatic rings. The highest BCUT2D eigenvalue weighted by atomic mass is 32.2. The quantitative estimate of drug-likeness (QED) is 0.793. The standard InChI is InChI=1S/C13H15NOS/c1-4-10-9-11(15-3)5-6-12(10)13-14(2)7-8-16-13/h4-9,13H,1H2,2-3H3. The van der Waals surface area contributed by atoms with Crippen molar-refractivity contribution in [3.05, 3.63) is 47.5 Å². The average molecular weight is 233 g/mol. The molecule has 0 saturated carbocycles. The average Bonchev–Trinajstić information content (AvgIpc) is 2.74. The van der Waals surface area contributed by atoms with Crippen molar-refractivity contribution in [3.8, 4) is 5.75 Å². The molecule has 1 aromatic carbocycles. The van der Waals surface area contributed by atoms with E-state index >= 15 is 0 Å². The van der Waals surface area contributed by atoms with E-state index in [2.05, 4.69) is 36.2 Å². The van der Waals surface area contributed by atoms with Crippen LogP contribution in [0.25, 0.3) is 6.08 Å². The number of nitrogens with zero attached hydrogens (tertiary/aromatic N) is 1. The zero-order chi connectivity index (χ0) is 11.5. The zero-order valence-electron chi connectivity index (χ0n) is 9.51. The first-order chi connectivity index (χ1) is 7.76. The van der Waals surface area contributed by atoms with Crippen LogP contribution in [0.5, 0.6) is 5.75 Å². The van der Waals surface area contributed by atoms with Crippen LogP contribution in [0.1, 0.15) is 16.5 Å². The van der Waals surface area contributed by atoms with Crippen LogP contribution in [0.4, 0.5) is 0 Å². The number of benzene rings is 1. The molecule has 84 valence electrons. The molecule has 3 heteroatoms. The molecule has 0 amide bonds. The lowest BCUT2D eigenvalue weighted by Crippen LogP contribution is -2.12. The summed E-state index contributed by atoms with van der Waals surface area (Å²) in [6.45, 7) is 3.86. The van der Waals surface area contributed by atoms with Crippen molar-refractivity contribution in [1.82, 2.24) is 4.90 Å². The van der Waals surface area contributed by atoms with E-state index in [1.54, 1.807) is 18.9 Å². The summed E-state index contributed by atoms with van der Waals surface area (Å²) >= 11 is 1.80. The van der Waals surface area contributed by atoms with Gasteiger partial charge in [0.15, 0.2) is 0 Å². The second-order valence-electron chi connectivity index (χ2n) is 3.64. The van der Waals surface area contributed by atoms with Crippen LogP contribution in [0.2, 0.25) is 0 Å². The third kappa shape index (κ3) is 1.95. The van der Waals surface area contributed by atoms with Crippen LogP contribution in [0.3, 0.4) is 0 Å². The minimum Gasteiger partial charge on any atom is -0.497 e. The van der Waals surface area contributed by atoms with E-state index in [0.717, 1.165) is 11.3 Å². The van der Waals surface area contributed by atoms with Gasteiger partial charge in [-0.25, -0.2) is 0 Å². The summed E-state index contributed by atoms with van der Waals surface area (Å²) in [5.74, 6) is 0.872. The van der Waals surface area contributed by atoms with Gasteiger partial charge in [0.05, 0.1) is 7.11 Å². The molecule has 0 bridgehead atoms. The van der Waals surface area contributed by atoms with E-state index in [0.29, 0.717) is 5.37 Å². The van der Waals surface area contributed by atoms with Crippen LogP contribution in [-0.4, -0.2) is 19.1 Å². The molecule has 0 fully saturated rings. The van der Waals surface area contributed by atoms with Gasteiger partial charge in [0.25, 0.3) is 0 Å². The lowest BCUT2D eigenvalue weighted by Gasteiger charge is -2.22. The predicted octanol–water partition coefficient (Wildman–Crippen LogP) is 3.49. The Morgan fingerprint density at radius 1 is 1.50 bits per heavy atom. The topological polar surface area (TPSA) is 12.5 Å². The van der Waals surface area contributed by atoms with Crippen LogP contribution < -0.4 is 4.74 Å². The smallest absolute Gasteiger partial charge is 0.119 e. The summed E-state index contributed by atoms with van der Waals surface area (Å²) in [4.78, 5) is 2.19. The lowest BCUT2D eigenvalue weighted by atomic mass is 10.1. The molecule has 0 radical (unpaired) electrons. The number of hydrogen-bond donors (Lipinski definition) is 0. The molecule has 0 aliphatic carbocycles. The molecule has 2 rings (SSSR count). The molecule has 1 aliphatic rings. The first-order valence-electron chi connectivity index (χ1n) is 5.10. The normalized spacial score (nSPS) is 18.9. The molecule has 2 nitrogen and oxygen atoms in total. The van der Waals surface area contributed by atoms with Gasteiger partial charge in [-0.2, -0.15) is 0 Å². The van der Waals surface area contributed by atoms with Crippen molar-refractivity contribution in [2.45, 2.75) is 5.37 Å². The van der Waals surface area contributed by atoms with Crippen LogP contribution >= 0.6 is 11.8 Å². The van der Waals surface area contributed by atoms with Gasteiger partial charge in [0, 0.05) is 13.2 Å². The van der Waals surface area contributed by atoms with E-state index in [1.165, 1.54) is 5.56 Å². The number of rotatable bonds is 3. The molecule has 1 unspecified atom stereocenters. The van der Waals surface area contributed by atoms with Crippen molar-refractivity contribution in [2.24, 2.45) is 0 Å². The van der Waals surface area contributed by atoms with Gasteiger partial charge in [0.2, 0.25) is 0 Å². The van der Waals surface area contributed by atoms with Crippen molar-refractivity contribution in [2.75, 3.05) is 14.2 Å². The van der Waals surface area contributed by atoms with Crippen LogP contribution in [-0.2, 0) is 0 Å². The van der Waals surface area contributed by atoms with Gasteiger partial charge in [0.1, 0.15) is 11.1 Å². The Balaban J connectivity index is 2.37. The molecule has 1 heterocycles. The Kier molecular flexibility index (Phi) is 3.25. The van der Waals surface area contributed by atoms with Gasteiger partial charge in [-0.05, 0) is 28.7 Å². The second kappa shape index (κ2) is 4.66. The van der Waals surface area contributed by atoms with E-state index < -0.39 is 0 Å². The summed E-state index contributed by atoms with van der Waals surface area (Å²) < 4.78 is 5.22. The van der Waals surface area contributed by atoms with Gasteiger partial charge in [-0.15, -0.1) is 11.8 Å².